The van der Waals surface area contributed by atoms with Gasteiger partial charge in [0.25, 0.3) is 5.91 Å². The van der Waals surface area contributed by atoms with Crippen LogP contribution >= 0.6 is 11.3 Å². The monoisotopic (exact) mass is 293 g/mol. The van der Waals surface area contributed by atoms with Gasteiger partial charge in [-0.1, -0.05) is 0 Å². The van der Waals surface area contributed by atoms with Crippen molar-refractivity contribution in [1.29, 1.82) is 0 Å². The van der Waals surface area contributed by atoms with Crippen LogP contribution in [0.5, 0.6) is 0 Å². The molecule has 2 atom stereocenters. The van der Waals surface area contributed by atoms with E-state index in [1.807, 2.05) is 5.38 Å². The van der Waals surface area contributed by atoms with Crippen LogP contribution in [0, 0.1) is 5.92 Å². The number of nitrogens with one attached hydrogen (secondary N) is 1. The number of carbonyl (C=O) groups is 2. The van der Waals surface area contributed by atoms with Gasteiger partial charge in [0.1, 0.15) is 0 Å². The Morgan fingerprint density at radius 1 is 1.25 bits per heavy atom. The summed E-state index contributed by atoms with van der Waals surface area (Å²) >= 11 is 1.69. The molecule has 4 nitrogen and oxygen atoms in total. The lowest BCUT2D eigenvalue weighted by atomic mass is 9.95. The van der Waals surface area contributed by atoms with E-state index in [4.69, 9.17) is 5.11 Å². The second kappa shape index (κ2) is 5.56. The van der Waals surface area contributed by atoms with E-state index in [1.165, 1.54) is 16.9 Å². The fraction of sp³-hybridized carbons (Fsp3) is 0.600. The second-order valence-corrected chi connectivity index (χ2v) is 6.74. The molecule has 2 aliphatic carbocycles. The van der Waals surface area contributed by atoms with Crippen LogP contribution in [0.2, 0.25) is 0 Å². The SMILES string of the molecule is O=C(N[C@@H]1CC[C@H](C(=O)O)C1)c1csc2c1CCCC2. The van der Waals surface area contributed by atoms with Crippen molar-refractivity contribution in [2.75, 3.05) is 0 Å². The predicted octanol–water partition coefficient (Wildman–Crippen LogP) is 2.61. The van der Waals surface area contributed by atoms with Crippen molar-refractivity contribution in [3.8, 4) is 0 Å². The standard InChI is InChI=1S/C15H19NO3S/c17-14(16-10-6-5-9(7-10)15(18)19)12-8-20-13-4-2-1-3-11(12)13/h8-10H,1-7H2,(H,16,17)(H,18,19)/t9-,10+/m0/s1. The average Bonchev–Trinajstić information content (AvgIpc) is 3.04. The molecular formula is C15H19NO3S. The summed E-state index contributed by atoms with van der Waals surface area (Å²) < 4.78 is 0. The first kappa shape index (κ1) is 13.6. The van der Waals surface area contributed by atoms with Crippen molar-refractivity contribution in [3.63, 3.8) is 0 Å². The van der Waals surface area contributed by atoms with E-state index in [0.717, 1.165) is 31.2 Å². The molecule has 5 heteroatoms. The van der Waals surface area contributed by atoms with Crippen molar-refractivity contribution in [1.82, 2.24) is 5.32 Å². The van der Waals surface area contributed by atoms with Crippen LogP contribution in [-0.4, -0.2) is 23.0 Å². The minimum Gasteiger partial charge on any atom is -0.481 e. The zero-order valence-corrected chi connectivity index (χ0v) is 12.2. The molecule has 1 aromatic heterocycles. The van der Waals surface area contributed by atoms with Crippen LogP contribution in [0.4, 0.5) is 0 Å². The molecule has 20 heavy (non-hydrogen) atoms. The molecule has 0 radical (unpaired) electrons. The third kappa shape index (κ3) is 2.59. The highest BCUT2D eigenvalue weighted by atomic mass is 32.1. The highest BCUT2D eigenvalue weighted by Crippen LogP contribution is 2.31. The molecule has 0 spiro atoms. The topological polar surface area (TPSA) is 66.4 Å². The number of carboxylic acid groups (broad SMARTS) is 1. The molecule has 0 aliphatic heterocycles. The van der Waals surface area contributed by atoms with E-state index >= 15 is 0 Å². The van der Waals surface area contributed by atoms with Crippen LogP contribution < -0.4 is 5.32 Å². The molecule has 3 rings (SSSR count). The molecule has 0 saturated heterocycles. The Morgan fingerprint density at radius 3 is 2.80 bits per heavy atom. The number of aryl methyl sites for hydroxylation is 1. The summed E-state index contributed by atoms with van der Waals surface area (Å²) in [4.78, 5) is 24.7. The molecule has 1 saturated carbocycles. The summed E-state index contributed by atoms with van der Waals surface area (Å²) in [6, 6.07) is 0.0164. The first-order valence-corrected chi connectivity index (χ1v) is 8.16. The molecule has 108 valence electrons. The van der Waals surface area contributed by atoms with Crippen molar-refractivity contribution in [3.05, 3.63) is 21.4 Å². The van der Waals surface area contributed by atoms with Gasteiger partial charge in [-0.25, -0.2) is 0 Å². The van der Waals surface area contributed by atoms with Crippen LogP contribution in [0.1, 0.15) is 52.9 Å². The highest BCUT2D eigenvalue weighted by Gasteiger charge is 2.31. The van der Waals surface area contributed by atoms with Crippen molar-refractivity contribution in [2.45, 2.75) is 51.0 Å². The van der Waals surface area contributed by atoms with Gasteiger partial charge in [0.05, 0.1) is 11.5 Å². The van der Waals surface area contributed by atoms with Crippen molar-refractivity contribution >= 4 is 23.2 Å². The maximum atomic E-state index is 12.4. The first-order chi connectivity index (χ1) is 9.65. The fourth-order valence-corrected chi connectivity index (χ4v) is 4.41. The molecule has 1 fully saturated rings. The lowest BCUT2D eigenvalue weighted by Gasteiger charge is -2.15. The summed E-state index contributed by atoms with van der Waals surface area (Å²) in [7, 11) is 0. The van der Waals surface area contributed by atoms with Crippen molar-refractivity contribution in [2.24, 2.45) is 5.92 Å². The molecule has 0 bridgehead atoms. The molecule has 2 aliphatic rings. The number of carboxylic acids is 1. The van der Waals surface area contributed by atoms with Gasteiger partial charge >= 0.3 is 5.97 Å². The van der Waals surface area contributed by atoms with E-state index in [2.05, 4.69) is 5.32 Å². The van der Waals surface area contributed by atoms with Gasteiger partial charge in [-0.3, -0.25) is 9.59 Å². The van der Waals surface area contributed by atoms with Crippen LogP contribution in [-0.2, 0) is 17.6 Å². The minimum atomic E-state index is -0.741. The van der Waals surface area contributed by atoms with E-state index < -0.39 is 5.97 Å². The number of hydrogen-bond acceptors (Lipinski definition) is 3. The molecule has 1 aromatic rings. The summed E-state index contributed by atoms with van der Waals surface area (Å²) in [6.07, 6.45) is 6.48. The smallest absolute Gasteiger partial charge is 0.306 e. The number of aliphatic carboxylic acids is 1. The normalized spacial score (nSPS) is 25.2. The molecule has 2 N–H and O–H groups in total. The maximum absolute atomic E-state index is 12.4. The number of thiophene rings is 1. The largest absolute Gasteiger partial charge is 0.481 e. The fourth-order valence-electron chi connectivity index (χ4n) is 3.28. The zero-order valence-electron chi connectivity index (χ0n) is 11.4. The Kier molecular flexibility index (Phi) is 3.78. The highest BCUT2D eigenvalue weighted by molar-refractivity contribution is 7.10. The molecule has 1 heterocycles. The molecule has 0 unspecified atom stereocenters. The first-order valence-electron chi connectivity index (χ1n) is 7.28. The van der Waals surface area contributed by atoms with Gasteiger partial charge in [-0.2, -0.15) is 0 Å². The Bertz CT molecular complexity index is 537. The average molecular weight is 293 g/mol. The number of amides is 1. The van der Waals surface area contributed by atoms with Gasteiger partial charge in [0.15, 0.2) is 0 Å². The zero-order chi connectivity index (χ0) is 14.1. The Hall–Kier alpha value is -1.36. The summed E-state index contributed by atoms with van der Waals surface area (Å²) in [6.45, 7) is 0. The molecular weight excluding hydrogens is 274 g/mol. The molecule has 0 aromatic carbocycles. The van der Waals surface area contributed by atoms with Gasteiger partial charge in [-0.05, 0) is 50.5 Å². The van der Waals surface area contributed by atoms with E-state index in [0.29, 0.717) is 12.8 Å². The van der Waals surface area contributed by atoms with E-state index in [9.17, 15) is 9.59 Å². The Labute approximate surface area is 122 Å². The van der Waals surface area contributed by atoms with Gasteiger partial charge in [0, 0.05) is 16.3 Å². The lowest BCUT2D eigenvalue weighted by Crippen LogP contribution is -2.33. The number of fused-ring (bicyclic) bond motifs is 1. The minimum absolute atomic E-state index is 0.0135. The van der Waals surface area contributed by atoms with Crippen LogP contribution in [0.25, 0.3) is 0 Å². The van der Waals surface area contributed by atoms with E-state index in [1.54, 1.807) is 11.3 Å². The van der Waals surface area contributed by atoms with Crippen molar-refractivity contribution < 1.29 is 14.7 Å². The Morgan fingerprint density at radius 2 is 2.05 bits per heavy atom. The Balaban J connectivity index is 1.65. The summed E-state index contributed by atoms with van der Waals surface area (Å²) in [5.74, 6) is -1.05. The third-order valence-corrected chi connectivity index (χ3v) is 5.51. The molecule has 1 amide bonds. The van der Waals surface area contributed by atoms with Crippen LogP contribution in [0.15, 0.2) is 5.38 Å². The van der Waals surface area contributed by atoms with Gasteiger partial charge in [0.2, 0.25) is 0 Å². The maximum Gasteiger partial charge on any atom is 0.306 e. The van der Waals surface area contributed by atoms with Gasteiger partial charge < -0.3 is 10.4 Å². The van der Waals surface area contributed by atoms with Crippen LogP contribution in [0.3, 0.4) is 0 Å². The predicted molar refractivity (Wildman–Crippen MR) is 77.2 cm³/mol. The summed E-state index contributed by atoms with van der Waals surface area (Å²) in [5.41, 5.74) is 2.05. The number of rotatable bonds is 3. The second-order valence-electron chi connectivity index (χ2n) is 5.78. The summed E-state index contributed by atoms with van der Waals surface area (Å²) in [5, 5.41) is 14.0. The van der Waals surface area contributed by atoms with Gasteiger partial charge in [-0.15, -0.1) is 11.3 Å². The van der Waals surface area contributed by atoms with E-state index in [-0.39, 0.29) is 17.9 Å². The third-order valence-electron chi connectivity index (χ3n) is 4.42. The lowest BCUT2D eigenvalue weighted by molar-refractivity contribution is -0.141. The number of hydrogen-bond donors (Lipinski definition) is 2. The number of carbonyl (C=O) groups excluding carboxylic acids is 1. The quantitative estimate of drug-likeness (QED) is 0.900.